The number of nitrogens with zero attached hydrogens (tertiary/aromatic N) is 2. The monoisotopic (exact) mass is 438 g/mol. The van der Waals surface area contributed by atoms with Crippen molar-refractivity contribution < 1.29 is 24.3 Å². The van der Waals surface area contributed by atoms with Gasteiger partial charge in [0.1, 0.15) is 6.04 Å². The second-order valence-electron chi connectivity index (χ2n) is 8.79. The molecule has 9 nitrogen and oxygen atoms in total. The summed E-state index contributed by atoms with van der Waals surface area (Å²) in [6, 6.07) is -1.26. The molecule has 3 atom stereocenters. The number of carbonyl (C=O) groups is 4. The van der Waals surface area contributed by atoms with Gasteiger partial charge in [-0.05, 0) is 31.6 Å². The molecule has 0 bridgehead atoms. The Hall–Kier alpha value is -2.42. The van der Waals surface area contributed by atoms with Crippen molar-refractivity contribution in [3.63, 3.8) is 0 Å². The number of likely N-dealkylation sites (tertiary alicyclic amines) is 1. The predicted molar refractivity (Wildman–Crippen MR) is 118 cm³/mol. The second kappa shape index (κ2) is 12.4. The first kappa shape index (κ1) is 26.6. The van der Waals surface area contributed by atoms with Gasteiger partial charge in [0, 0.05) is 19.2 Å². The fourth-order valence-corrected chi connectivity index (χ4v) is 3.71. The van der Waals surface area contributed by atoms with E-state index in [1.807, 2.05) is 27.7 Å². The Morgan fingerprint density at radius 2 is 1.84 bits per heavy atom. The molecule has 0 saturated carbocycles. The van der Waals surface area contributed by atoms with Gasteiger partial charge in [0.2, 0.25) is 24.1 Å². The zero-order valence-electron chi connectivity index (χ0n) is 19.6. The number of nitrogens with one attached hydrogen (secondary N) is 2. The van der Waals surface area contributed by atoms with Crippen LogP contribution in [-0.2, 0) is 19.2 Å². The molecular formula is C22H38N4O5. The number of hydrogen-bond acceptors (Lipinski definition) is 5. The highest BCUT2D eigenvalue weighted by molar-refractivity contribution is 5.97. The van der Waals surface area contributed by atoms with Gasteiger partial charge in [-0.25, -0.2) is 0 Å². The Kier molecular flexibility index (Phi) is 10.7. The average molecular weight is 439 g/mol. The fraction of sp³-hybridized carbons (Fsp3) is 0.727. The normalized spacial score (nSPS) is 18.7. The molecule has 0 unspecified atom stereocenters. The van der Waals surface area contributed by atoms with E-state index in [0.29, 0.717) is 24.9 Å². The molecule has 4 amide bonds. The van der Waals surface area contributed by atoms with Crippen LogP contribution in [0.5, 0.6) is 0 Å². The molecule has 0 aromatic heterocycles. The lowest BCUT2D eigenvalue weighted by molar-refractivity contribution is -0.136. The maximum absolute atomic E-state index is 13.1. The molecule has 1 fully saturated rings. The van der Waals surface area contributed by atoms with Crippen LogP contribution in [0.3, 0.4) is 0 Å². The zero-order chi connectivity index (χ0) is 23.7. The Morgan fingerprint density at radius 1 is 1.19 bits per heavy atom. The molecule has 176 valence electrons. The van der Waals surface area contributed by atoms with Gasteiger partial charge in [-0.1, -0.05) is 33.8 Å². The first-order chi connectivity index (χ1) is 14.5. The minimum absolute atomic E-state index is 0.0435. The molecule has 1 aliphatic rings. The third kappa shape index (κ3) is 7.34. The summed E-state index contributed by atoms with van der Waals surface area (Å²) in [4.78, 5) is 51.7. The lowest BCUT2D eigenvalue weighted by Crippen LogP contribution is -2.51. The van der Waals surface area contributed by atoms with E-state index in [2.05, 4.69) is 10.6 Å². The number of rotatable bonds is 11. The summed E-state index contributed by atoms with van der Waals surface area (Å²) in [5.74, 6) is -0.625. The van der Waals surface area contributed by atoms with Crippen LogP contribution in [0.15, 0.2) is 11.6 Å². The smallest absolute Gasteiger partial charge is 0.249 e. The van der Waals surface area contributed by atoms with Gasteiger partial charge in [-0.3, -0.25) is 19.2 Å². The number of hydrogen-bond donors (Lipinski definition) is 3. The Morgan fingerprint density at radius 3 is 2.35 bits per heavy atom. The van der Waals surface area contributed by atoms with Crippen LogP contribution >= 0.6 is 0 Å². The molecule has 1 heterocycles. The van der Waals surface area contributed by atoms with Crippen molar-refractivity contribution >= 4 is 24.1 Å². The van der Waals surface area contributed by atoms with Gasteiger partial charge in [0.15, 0.2) is 0 Å². The van der Waals surface area contributed by atoms with E-state index in [4.69, 9.17) is 0 Å². The maximum atomic E-state index is 13.1. The molecular weight excluding hydrogens is 400 g/mol. The first-order valence-corrected chi connectivity index (χ1v) is 10.9. The van der Waals surface area contributed by atoms with Crippen molar-refractivity contribution in [2.45, 2.75) is 65.6 Å². The molecule has 0 spiro atoms. The summed E-state index contributed by atoms with van der Waals surface area (Å²) >= 11 is 0. The molecule has 9 heteroatoms. The molecule has 0 aromatic rings. The maximum Gasteiger partial charge on any atom is 0.249 e. The third-order valence-corrected chi connectivity index (χ3v) is 5.76. The third-order valence-electron chi connectivity index (χ3n) is 5.76. The molecule has 31 heavy (non-hydrogen) atoms. The quantitative estimate of drug-likeness (QED) is 0.316. The summed E-state index contributed by atoms with van der Waals surface area (Å²) in [5.41, 5.74) is 0.462. The van der Waals surface area contributed by atoms with E-state index in [1.54, 1.807) is 24.9 Å². The Balaban J connectivity index is 2.96. The Labute approximate surface area is 185 Å². The van der Waals surface area contributed by atoms with Gasteiger partial charge < -0.3 is 25.5 Å². The topological polar surface area (TPSA) is 119 Å². The van der Waals surface area contributed by atoms with Crippen LogP contribution in [0, 0.1) is 11.8 Å². The highest BCUT2D eigenvalue weighted by atomic mass is 16.3. The van der Waals surface area contributed by atoms with Crippen molar-refractivity contribution in [3.05, 3.63) is 11.6 Å². The minimum atomic E-state index is -0.572. The standard InChI is InChI=1S/C22H38N4O5/c1-14(2)17(12-27)24-21(30)18-8-7-9-26(18)22(31)16(5)10-19(15(3)4)25(6)20(29)11-23-13-28/h10,13-15,17-19,27H,7-9,11-12H2,1-6H3,(H,23,28)(H,24,30)/b16-10+/t17-,18-,19+/m0/s1. The SMILES string of the molecule is C/C(=C\[C@H](C(C)C)N(C)C(=O)CNC=O)C(=O)N1CCC[C@H]1C(=O)N[C@@H](CO)C(C)C. The number of aliphatic hydroxyl groups excluding tert-OH is 1. The lowest BCUT2D eigenvalue weighted by atomic mass is 9.99. The van der Waals surface area contributed by atoms with Crippen molar-refractivity contribution in [3.8, 4) is 0 Å². The van der Waals surface area contributed by atoms with Crippen molar-refractivity contribution in [2.24, 2.45) is 11.8 Å². The van der Waals surface area contributed by atoms with Gasteiger partial charge in [0.25, 0.3) is 0 Å². The minimum Gasteiger partial charge on any atom is -0.394 e. The van der Waals surface area contributed by atoms with Crippen LogP contribution in [0.25, 0.3) is 0 Å². The van der Waals surface area contributed by atoms with Crippen LogP contribution in [0.2, 0.25) is 0 Å². The molecule has 3 N–H and O–H groups in total. The van der Waals surface area contributed by atoms with Crippen molar-refractivity contribution in [1.82, 2.24) is 20.4 Å². The number of likely N-dealkylation sites (N-methyl/N-ethyl adjacent to an activating group) is 1. The predicted octanol–water partition coefficient (Wildman–Crippen LogP) is 0.286. The summed E-state index contributed by atoms with van der Waals surface area (Å²) < 4.78 is 0. The van der Waals surface area contributed by atoms with Gasteiger partial charge in [-0.15, -0.1) is 0 Å². The summed E-state index contributed by atoms with van der Waals surface area (Å²) in [5, 5.41) is 14.7. The van der Waals surface area contributed by atoms with E-state index in [-0.39, 0.29) is 54.8 Å². The molecule has 1 rings (SSSR count). The molecule has 0 radical (unpaired) electrons. The Bertz CT molecular complexity index is 677. The van der Waals surface area contributed by atoms with E-state index in [9.17, 15) is 24.3 Å². The summed E-state index contributed by atoms with van der Waals surface area (Å²) in [6.07, 6.45) is 3.53. The zero-order valence-corrected chi connectivity index (χ0v) is 19.6. The number of aliphatic hydroxyl groups is 1. The van der Waals surface area contributed by atoms with Gasteiger partial charge in [-0.2, -0.15) is 0 Å². The number of amides is 4. The van der Waals surface area contributed by atoms with E-state index in [0.717, 1.165) is 6.42 Å². The first-order valence-electron chi connectivity index (χ1n) is 10.9. The highest BCUT2D eigenvalue weighted by Gasteiger charge is 2.36. The van der Waals surface area contributed by atoms with Crippen molar-refractivity contribution in [2.75, 3.05) is 26.7 Å². The second-order valence-corrected chi connectivity index (χ2v) is 8.79. The van der Waals surface area contributed by atoms with E-state index < -0.39 is 6.04 Å². The molecule has 1 aliphatic heterocycles. The van der Waals surface area contributed by atoms with Crippen LogP contribution in [-0.4, -0.2) is 83.9 Å². The number of carbonyl (C=O) groups excluding carboxylic acids is 4. The van der Waals surface area contributed by atoms with Crippen LogP contribution < -0.4 is 10.6 Å². The summed E-state index contributed by atoms with van der Waals surface area (Å²) in [7, 11) is 1.64. The average Bonchev–Trinajstić information content (AvgIpc) is 3.22. The highest BCUT2D eigenvalue weighted by Crippen LogP contribution is 2.22. The van der Waals surface area contributed by atoms with Gasteiger partial charge >= 0.3 is 0 Å². The molecule has 1 saturated heterocycles. The van der Waals surface area contributed by atoms with Crippen LogP contribution in [0.4, 0.5) is 0 Å². The summed E-state index contributed by atoms with van der Waals surface area (Å²) in [6.45, 7) is 9.64. The largest absolute Gasteiger partial charge is 0.394 e. The van der Waals surface area contributed by atoms with E-state index >= 15 is 0 Å². The lowest BCUT2D eigenvalue weighted by Gasteiger charge is -2.31. The fourth-order valence-electron chi connectivity index (χ4n) is 3.71. The van der Waals surface area contributed by atoms with Crippen molar-refractivity contribution in [1.29, 1.82) is 0 Å². The van der Waals surface area contributed by atoms with Crippen LogP contribution in [0.1, 0.15) is 47.5 Å². The molecule has 0 aliphatic carbocycles. The molecule has 0 aromatic carbocycles. The van der Waals surface area contributed by atoms with Gasteiger partial charge in [0.05, 0.1) is 25.2 Å². The van der Waals surface area contributed by atoms with E-state index in [1.165, 1.54) is 4.90 Å².